The molecule has 2 rings (SSSR count). The zero-order valence-electron chi connectivity index (χ0n) is 10.4. The van der Waals surface area contributed by atoms with Crippen molar-refractivity contribution in [3.8, 4) is 0 Å². The van der Waals surface area contributed by atoms with E-state index in [1.807, 2.05) is 0 Å². The Labute approximate surface area is 93.8 Å². The number of rotatable bonds is 5. The average molecular weight is 211 g/mol. The van der Waals surface area contributed by atoms with Crippen molar-refractivity contribution >= 4 is 0 Å². The summed E-state index contributed by atoms with van der Waals surface area (Å²) in [6.07, 6.45) is 4.25. The maximum absolute atomic E-state index is 3.71. The molecule has 1 N–H and O–H groups in total. The Bertz CT molecular complexity index is 205. The van der Waals surface area contributed by atoms with Crippen molar-refractivity contribution in [1.82, 2.24) is 15.1 Å². The Balaban J connectivity index is 1.68. The fraction of sp³-hybridized carbons (Fsp3) is 1.00. The molecule has 2 fully saturated rings. The highest BCUT2D eigenvalue weighted by Gasteiger charge is 2.38. The lowest BCUT2D eigenvalue weighted by molar-refractivity contribution is 0.227. The summed E-state index contributed by atoms with van der Waals surface area (Å²) < 4.78 is 0. The number of hydrogen-bond donors (Lipinski definition) is 1. The third kappa shape index (κ3) is 2.92. The van der Waals surface area contributed by atoms with E-state index in [-0.39, 0.29) is 0 Å². The number of hydrogen-bond acceptors (Lipinski definition) is 3. The Hall–Kier alpha value is -0.120. The first-order chi connectivity index (χ1) is 7.15. The minimum Gasteiger partial charge on any atom is -0.311 e. The third-order valence-electron chi connectivity index (χ3n) is 3.91. The number of nitrogens with zero attached hydrogens (tertiary/aromatic N) is 2. The van der Waals surface area contributed by atoms with Gasteiger partial charge in [0.25, 0.3) is 0 Å². The normalized spacial score (nSPS) is 34.6. The molecule has 15 heavy (non-hydrogen) atoms. The summed E-state index contributed by atoms with van der Waals surface area (Å²) in [5.41, 5.74) is 0. The number of nitrogens with one attached hydrogen (secondary N) is 1. The van der Waals surface area contributed by atoms with Crippen LogP contribution in [0.25, 0.3) is 0 Å². The summed E-state index contributed by atoms with van der Waals surface area (Å²) in [5.74, 6) is 0.913. The molecule has 3 nitrogen and oxygen atoms in total. The highest BCUT2D eigenvalue weighted by Crippen LogP contribution is 2.33. The lowest BCUT2D eigenvalue weighted by Crippen LogP contribution is -2.36. The molecule has 88 valence electrons. The van der Waals surface area contributed by atoms with Crippen LogP contribution in [0.4, 0.5) is 0 Å². The van der Waals surface area contributed by atoms with Crippen LogP contribution in [0.2, 0.25) is 0 Å². The molecule has 3 heteroatoms. The maximum Gasteiger partial charge on any atom is 0.0111 e. The van der Waals surface area contributed by atoms with Gasteiger partial charge in [0.1, 0.15) is 0 Å². The van der Waals surface area contributed by atoms with E-state index in [1.54, 1.807) is 0 Å². The van der Waals surface area contributed by atoms with Crippen molar-refractivity contribution < 1.29 is 0 Å². The van der Waals surface area contributed by atoms with Crippen LogP contribution in [0.1, 0.15) is 19.3 Å². The van der Waals surface area contributed by atoms with Crippen LogP contribution in [-0.4, -0.2) is 62.7 Å². The van der Waals surface area contributed by atoms with Gasteiger partial charge in [0.15, 0.2) is 0 Å². The molecule has 0 aromatic carbocycles. The first kappa shape index (κ1) is 11.4. The van der Waals surface area contributed by atoms with E-state index in [4.69, 9.17) is 0 Å². The number of fused-ring (bicyclic) bond motifs is 2. The van der Waals surface area contributed by atoms with Gasteiger partial charge in [-0.2, -0.15) is 0 Å². The van der Waals surface area contributed by atoms with Crippen LogP contribution in [-0.2, 0) is 0 Å². The van der Waals surface area contributed by atoms with Crippen LogP contribution >= 0.6 is 0 Å². The van der Waals surface area contributed by atoms with Crippen molar-refractivity contribution in [2.75, 3.05) is 40.8 Å². The van der Waals surface area contributed by atoms with Gasteiger partial charge < -0.3 is 15.1 Å². The van der Waals surface area contributed by atoms with E-state index < -0.39 is 0 Å². The van der Waals surface area contributed by atoms with E-state index in [9.17, 15) is 0 Å². The SMILES string of the molecule is CN(C)CCN(C)CC1CC2CCC1N2. The monoisotopic (exact) mass is 211 g/mol. The molecule has 0 radical (unpaired) electrons. The summed E-state index contributed by atoms with van der Waals surface area (Å²) in [7, 11) is 6.55. The van der Waals surface area contributed by atoms with E-state index in [0.29, 0.717) is 0 Å². The quantitative estimate of drug-likeness (QED) is 0.719. The van der Waals surface area contributed by atoms with Gasteiger partial charge in [-0.15, -0.1) is 0 Å². The van der Waals surface area contributed by atoms with Gasteiger partial charge in [0, 0.05) is 31.7 Å². The summed E-state index contributed by atoms with van der Waals surface area (Å²) >= 11 is 0. The molecule has 0 aromatic heterocycles. The Kier molecular flexibility index (Phi) is 3.65. The first-order valence-corrected chi connectivity index (χ1v) is 6.24. The second kappa shape index (κ2) is 4.81. The van der Waals surface area contributed by atoms with Gasteiger partial charge in [-0.05, 0) is 46.3 Å². The highest BCUT2D eigenvalue weighted by atomic mass is 15.2. The lowest BCUT2D eigenvalue weighted by atomic mass is 9.89. The molecule has 0 saturated carbocycles. The van der Waals surface area contributed by atoms with Gasteiger partial charge in [0.2, 0.25) is 0 Å². The van der Waals surface area contributed by atoms with Crippen LogP contribution in [0.3, 0.4) is 0 Å². The van der Waals surface area contributed by atoms with Crippen LogP contribution < -0.4 is 5.32 Å². The van der Waals surface area contributed by atoms with Crippen molar-refractivity contribution in [2.24, 2.45) is 5.92 Å². The number of likely N-dealkylation sites (N-methyl/N-ethyl adjacent to an activating group) is 2. The second-order valence-electron chi connectivity index (χ2n) is 5.61. The van der Waals surface area contributed by atoms with Gasteiger partial charge >= 0.3 is 0 Å². The van der Waals surface area contributed by atoms with E-state index in [1.165, 1.54) is 38.9 Å². The molecular formula is C12H25N3. The first-order valence-electron chi connectivity index (χ1n) is 6.24. The van der Waals surface area contributed by atoms with Crippen molar-refractivity contribution in [2.45, 2.75) is 31.3 Å². The largest absolute Gasteiger partial charge is 0.311 e. The van der Waals surface area contributed by atoms with Crippen molar-refractivity contribution in [3.63, 3.8) is 0 Å². The molecular weight excluding hydrogens is 186 g/mol. The predicted octanol–water partition coefficient (Wildman–Crippen LogP) is 0.620. The molecule has 0 aliphatic carbocycles. The smallest absolute Gasteiger partial charge is 0.0111 e. The van der Waals surface area contributed by atoms with Crippen molar-refractivity contribution in [3.05, 3.63) is 0 Å². The minimum absolute atomic E-state index is 0.830. The molecule has 2 aliphatic rings. The Morgan fingerprint density at radius 1 is 1.13 bits per heavy atom. The molecule has 2 saturated heterocycles. The zero-order chi connectivity index (χ0) is 10.8. The summed E-state index contributed by atoms with van der Waals surface area (Å²) in [6, 6.07) is 1.68. The minimum atomic E-state index is 0.830. The molecule has 2 bridgehead atoms. The molecule has 0 spiro atoms. The summed E-state index contributed by atoms with van der Waals surface area (Å²) in [4.78, 5) is 4.75. The molecule has 3 unspecified atom stereocenters. The van der Waals surface area contributed by atoms with Crippen LogP contribution in [0.15, 0.2) is 0 Å². The second-order valence-corrected chi connectivity index (χ2v) is 5.61. The molecule has 0 amide bonds. The van der Waals surface area contributed by atoms with E-state index >= 15 is 0 Å². The van der Waals surface area contributed by atoms with Gasteiger partial charge in [0.05, 0.1) is 0 Å². The van der Waals surface area contributed by atoms with Gasteiger partial charge in [-0.25, -0.2) is 0 Å². The topological polar surface area (TPSA) is 18.5 Å². The summed E-state index contributed by atoms with van der Waals surface area (Å²) in [5, 5.41) is 3.71. The lowest BCUT2D eigenvalue weighted by Gasteiger charge is -2.26. The Morgan fingerprint density at radius 3 is 2.47 bits per heavy atom. The average Bonchev–Trinajstić information content (AvgIpc) is 2.76. The fourth-order valence-electron chi connectivity index (χ4n) is 3.00. The fourth-order valence-corrected chi connectivity index (χ4v) is 3.00. The standard InChI is InChI=1S/C12H25N3/c1-14(2)6-7-15(3)9-10-8-11-4-5-12(10)13-11/h10-13H,4-9H2,1-3H3. The molecule has 0 aromatic rings. The van der Waals surface area contributed by atoms with E-state index in [0.717, 1.165) is 18.0 Å². The summed E-state index contributed by atoms with van der Waals surface area (Å²) in [6.45, 7) is 3.65. The zero-order valence-corrected chi connectivity index (χ0v) is 10.4. The third-order valence-corrected chi connectivity index (χ3v) is 3.91. The predicted molar refractivity (Wildman–Crippen MR) is 64.1 cm³/mol. The van der Waals surface area contributed by atoms with Gasteiger partial charge in [-0.3, -0.25) is 0 Å². The molecule has 2 heterocycles. The van der Waals surface area contributed by atoms with Gasteiger partial charge in [-0.1, -0.05) is 0 Å². The molecule has 3 atom stereocenters. The van der Waals surface area contributed by atoms with E-state index in [2.05, 4.69) is 36.3 Å². The highest BCUT2D eigenvalue weighted by molar-refractivity contribution is 4.98. The van der Waals surface area contributed by atoms with Crippen LogP contribution in [0, 0.1) is 5.92 Å². The van der Waals surface area contributed by atoms with Crippen LogP contribution in [0.5, 0.6) is 0 Å². The molecule has 2 aliphatic heterocycles. The van der Waals surface area contributed by atoms with Crippen molar-refractivity contribution in [1.29, 1.82) is 0 Å². The maximum atomic E-state index is 3.71. The Morgan fingerprint density at radius 2 is 1.93 bits per heavy atom.